The molecule has 0 aliphatic carbocycles. The largest absolute Gasteiger partial charge is 0.388 e. The van der Waals surface area contributed by atoms with Gasteiger partial charge in [0.25, 0.3) is 0 Å². The lowest BCUT2D eigenvalue weighted by atomic mass is 10.1. The third-order valence-electron chi connectivity index (χ3n) is 2.11. The summed E-state index contributed by atoms with van der Waals surface area (Å²) in [6, 6.07) is 6.00. The first-order valence-electron chi connectivity index (χ1n) is 5.01. The highest BCUT2D eigenvalue weighted by molar-refractivity contribution is 8.01. The summed E-state index contributed by atoms with van der Waals surface area (Å²) in [5.74, 6) is 0.108. The standard InChI is InChI=1S/C11H11FN2OS2/c1-7-13-14-11(17-7)16-6-10(15)8-3-2-4-9(12)5-8/h2-5,10,15H,6H2,1H3. The monoisotopic (exact) mass is 270 g/mol. The molecule has 0 radical (unpaired) electrons. The van der Waals surface area contributed by atoms with Crippen LogP contribution in [0.5, 0.6) is 0 Å². The van der Waals surface area contributed by atoms with Crippen LogP contribution >= 0.6 is 23.1 Å². The molecule has 1 aromatic heterocycles. The van der Waals surface area contributed by atoms with E-state index in [-0.39, 0.29) is 5.82 Å². The van der Waals surface area contributed by atoms with Gasteiger partial charge in [0, 0.05) is 5.75 Å². The predicted octanol–water partition coefficient (Wildman–Crippen LogP) is 2.81. The number of hydrogen-bond donors (Lipinski definition) is 1. The highest BCUT2D eigenvalue weighted by atomic mass is 32.2. The predicted molar refractivity (Wildman–Crippen MR) is 66.7 cm³/mol. The van der Waals surface area contributed by atoms with Gasteiger partial charge in [-0.1, -0.05) is 35.2 Å². The number of rotatable bonds is 4. The minimum atomic E-state index is -0.695. The zero-order valence-corrected chi connectivity index (χ0v) is 10.8. The van der Waals surface area contributed by atoms with Crippen molar-refractivity contribution in [1.29, 1.82) is 0 Å². The minimum Gasteiger partial charge on any atom is -0.388 e. The number of halogens is 1. The van der Waals surface area contributed by atoms with Crippen molar-refractivity contribution >= 4 is 23.1 Å². The molecule has 6 heteroatoms. The van der Waals surface area contributed by atoms with Crippen LogP contribution in [0.1, 0.15) is 16.7 Å². The van der Waals surface area contributed by atoms with Gasteiger partial charge in [-0.15, -0.1) is 10.2 Å². The second-order valence-corrected chi connectivity index (χ2v) is 5.92. The third-order valence-corrected chi connectivity index (χ3v) is 4.15. The molecule has 2 rings (SSSR count). The first kappa shape index (κ1) is 12.5. The van der Waals surface area contributed by atoms with E-state index in [1.54, 1.807) is 12.1 Å². The van der Waals surface area contributed by atoms with Gasteiger partial charge in [-0.05, 0) is 24.6 Å². The summed E-state index contributed by atoms with van der Waals surface area (Å²) in [5, 5.41) is 18.6. The maximum absolute atomic E-state index is 13.0. The number of aryl methyl sites for hydroxylation is 1. The zero-order valence-electron chi connectivity index (χ0n) is 9.13. The number of hydrogen-bond acceptors (Lipinski definition) is 5. The summed E-state index contributed by atoms with van der Waals surface area (Å²) in [4.78, 5) is 0. The second kappa shape index (κ2) is 5.57. The van der Waals surface area contributed by atoms with Gasteiger partial charge < -0.3 is 5.11 Å². The van der Waals surface area contributed by atoms with Gasteiger partial charge in [0.05, 0.1) is 6.10 Å². The number of benzene rings is 1. The molecule has 0 saturated carbocycles. The first-order valence-corrected chi connectivity index (χ1v) is 6.82. The molecule has 3 nitrogen and oxygen atoms in total. The Morgan fingerprint density at radius 3 is 2.94 bits per heavy atom. The maximum atomic E-state index is 13.0. The van der Waals surface area contributed by atoms with Crippen LogP contribution in [0.25, 0.3) is 0 Å². The highest BCUT2D eigenvalue weighted by Gasteiger charge is 2.10. The fraction of sp³-hybridized carbons (Fsp3) is 0.273. The van der Waals surface area contributed by atoms with E-state index in [1.165, 1.54) is 35.2 Å². The second-order valence-electron chi connectivity index (χ2n) is 3.47. The highest BCUT2D eigenvalue weighted by Crippen LogP contribution is 2.27. The lowest BCUT2D eigenvalue weighted by Crippen LogP contribution is -2.00. The molecular weight excluding hydrogens is 259 g/mol. The molecule has 17 heavy (non-hydrogen) atoms. The summed E-state index contributed by atoms with van der Waals surface area (Å²) in [6.07, 6.45) is -0.695. The molecule has 1 atom stereocenters. The van der Waals surface area contributed by atoms with Crippen LogP contribution in [0.3, 0.4) is 0 Å². The number of aliphatic hydroxyl groups is 1. The molecule has 1 heterocycles. The van der Waals surface area contributed by atoms with Gasteiger partial charge in [-0.25, -0.2) is 4.39 Å². The van der Waals surface area contributed by atoms with Crippen molar-refractivity contribution in [2.45, 2.75) is 17.4 Å². The average molecular weight is 270 g/mol. The Bertz CT molecular complexity index is 504. The van der Waals surface area contributed by atoms with Crippen LogP contribution in [-0.2, 0) is 0 Å². The molecule has 1 N–H and O–H groups in total. The molecule has 1 aromatic carbocycles. The van der Waals surface area contributed by atoms with E-state index in [0.717, 1.165) is 9.35 Å². The summed E-state index contributed by atoms with van der Waals surface area (Å²) < 4.78 is 13.8. The van der Waals surface area contributed by atoms with E-state index in [1.807, 2.05) is 6.92 Å². The van der Waals surface area contributed by atoms with Crippen LogP contribution in [0.15, 0.2) is 28.6 Å². The van der Waals surface area contributed by atoms with E-state index < -0.39 is 6.10 Å². The molecule has 0 aliphatic rings. The van der Waals surface area contributed by atoms with Crippen molar-refractivity contribution in [1.82, 2.24) is 10.2 Å². The summed E-state index contributed by atoms with van der Waals surface area (Å²) in [5.41, 5.74) is 0.582. The average Bonchev–Trinajstić information content (AvgIpc) is 2.72. The van der Waals surface area contributed by atoms with Crippen LogP contribution in [0.2, 0.25) is 0 Å². The molecule has 0 saturated heterocycles. The van der Waals surface area contributed by atoms with Crippen LogP contribution in [0.4, 0.5) is 4.39 Å². The maximum Gasteiger partial charge on any atom is 0.174 e. The Morgan fingerprint density at radius 2 is 2.29 bits per heavy atom. The van der Waals surface area contributed by atoms with Gasteiger partial charge >= 0.3 is 0 Å². The number of aliphatic hydroxyl groups excluding tert-OH is 1. The zero-order chi connectivity index (χ0) is 12.3. The molecule has 90 valence electrons. The summed E-state index contributed by atoms with van der Waals surface area (Å²) in [6.45, 7) is 1.88. The van der Waals surface area contributed by atoms with Gasteiger partial charge in [-0.3, -0.25) is 0 Å². The van der Waals surface area contributed by atoms with Gasteiger partial charge in [0.15, 0.2) is 4.34 Å². The normalized spacial score (nSPS) is 12.6. The van der Waals surface area contributed by atoms with Crippen molar-refractivity contribution < 1.29 is 9.50 Å². The molecule has 0 spiro atoms. The molecule has 0 amide bonds. The Labute approximate surface area is 107 Å². The summed E-state index contributed by atoms with van der Waals surface area (Å²) in [7, 11) is 0. The molecular formula is C11H11FN2OS2. The first-order chi connectivity index (χ1) is 8.15. The SMILES string of the molecule is Cc1nnc(SCC(O)c2cccc(F)c2)s1. The quantitative estimate of drug-likeness (QED) is 0.868. The fourth-order valence-corrected chi connectivity index (χ4v) is 3.11. The fourth-order valence-electron chi connectivity index (χ4n) is 1.30. The van der Waals surface area contributed by atoms with Crippen LogP contribution < -0.4 is 0 Å². The van der Waals surface area contributed by atoms with Crippen molar-refractivity contribution in [2.75, 3.05) is 5.75 Å². The third kappa shape index (κ3) is 3.49. The Morgan fingerprint density at radius 1 is 1.47 bits per heavy atom. The van der Waals surface area contributed by atoms with Crippen molar-refractivity contribution in [3.63, 3.8) is 0 Å². The van der Waals surface area contributed by atoms with E-state index >= 15 is 0 Å². The van der Waals surface area contributed by atoms with Gasteiger partial charge in [0.2, 0.25) is 0 Å². The molecule has 0 bridgehead atoms. The molecule has 0 aliphatic heterocycles. The number of aromatic nitrogens is 2. The topological polar surface area (TPSA) is 46.0 Å². The smallest absolute Gasteiger partial charge is 0.174 e. The molecule has 0 fully saturated rings. The van der Waals surface area contributed by atoms with Crippen LogP contribution in [-0.4, -0.2) is 21.1 Å². The van der Waals surface area contributed by atoms with Crippen molar-refractivity contribution in [3.8, 4) is 0 Å². The Hall–Kier alpha value is -0.980. The minimum absolute atomic E-state index is 0.335. The summed E-state index contributed by atoms with van der Waals surface area (Å²) >= 11 is 2.91. The van der Waals surface area contributed by atoms with E-state index in [0.29, 0.717) is 11.3 Å². The molecule has 2 aromatic rings. The Kier molecular flexibility index (Phi) is 4.09. The van der Waals surface area contributed by atoms with Gasteiger partial charge in [0.1, 0.15) is 10.8 Å². The number of thioether (sulfide) groups is 1. The van der Waals surface area contributed by atoms with E-state index in [9.17, 15) is 9.50 Å². The lowest BCUT2D eigenvalue weighted by molar-refractivity contribution is 0.203. The van der Waals surface area contributed by atoms with Crippen molar-refractivity contribution in [2.24, 2.45) is 0 Å². The van der Waals surface area contributed by atoms with Crippen LogP contribution in [0, 0.1) is 12.7 Å². The van der Waals surface area contributed by atoms with E-state index in [4.69, 9.17) is 0 Å². The lowest BCUT2D eigenvalue weighted by Gasteiger charge is -2.09. The Balaban J connectivity index is 1.95. The molecule has 1 unspecified atom stereocenters. The number of nitrogens with zero attached hydrogens (tertiary/aromatic N) is 2. The van der Waals surface area contributed by atoms with Crippen molar-refractivity contribution in [3.05, 3.63) is 40.7 Å². The van der Waals surface area contributed by atoms with E-state index in [2.05, 4.69) is 10.2 Å². The van der Waals surface area contributed by atoms with Gasteiger partial charge in [-0.2, -0.15) is 0 Å².